The van der Waals surface area contributed by atoms with Crippen LogP contribution in [-0.2, 0) is 0 Å². The number of rotatable bonds is 3. The van der Waals surface area contributed by atoms with E-state index >= 15 is 0 Å². The third-order valence-electron chi connectivity index (χ3n) is 3.51. The highest BCUT2D eigenvalue weighted by molar-refractivity contribution is 7.19. The van der Waals surface area contributed by atoms with Gasteiger partial charge in [0.15, 0.2) is 0 Å². The fraction of sp³-hybridized carbons (Fsp3) is 0. The quantitative estimate of drug-likeness (QED) is 0.567. The molecule has 0 bridgehead atoms. The Hall–Kier alpha value is -3.19. The second-order valence-electron chi connectivity index (χ2n) is 5.24. The molecule has 0 aliphatic rings. The van der Waals surface area contributed by atoms with Gasteiger partial charge in [-0.05, 0) is 48.0 Å². The minimum absolute atomic E-state index is 0.260. The second-order valence-corrected chi connectivity index (χ2v) is 6.20. The van der Waals surface area contributed by atoms with E-state index in [9.17, 15) is 9.18 Å². The van der Waals surface area contributed by atoms with E-state index in [1.807, 2.05) is 18.2 Å². The number of pyridine rings is 1. The standard InChI is InChI=1S/C18H11FN4OS/c19-14-4-2-13(3-5-14)17-22-23-16(24)11-15(21-18(23)25-17)6-1-12-7-9-20-10-8-12/h1-11H/b6-1+. The number of hydrogen-bond acceptors (Lipinski definition) is 5. The SMILES string of the molecule is O=c1cc(/C=C/c2ccncc2)nc2sc(-c3ccc(F)cc3)nn12. The molecule has 1 aromatic carbocycles. The number of hydrogen-bond donors (Lipinski definition) is 0. The van der Waals surface area contributed by atoms with Gasteiger partial charge < -0.3 is 0 Å². The summed E-state index contributed by atoms with van der Waals surface area (Å²) in [5, 5.41) is 4.89. The summed E-state index contributed by atoms with van der Waals surface area (Å²) >= 11 is 1.28. The van der Waals surface area contributed by atoms with Gasteiger partial charge in [0.2, 0.25) is 4.96 Å². The predicted octanol–water partition coefficient (Wildman–Crippen LogP) is 3.52. The van der Waals surface area contributed by atoms with Gasteiger partial charge in [0.25, 0.3) is 5.56 Å². The van der Waals surface area contributed by atoms with Gasteiger partial charge in [0, 0.05) is 24.0 Å². The van der Waals surface area contributed by atoms with Crippen LogP contribution in [0.1, 0.15) is 11.3 Å². The van der Waals surface area contributed by atoms with Crippen molar-refractivity contribution in [2.75, 3.05) is 0 Å². The maximum atomic E-state index is 13.1. The Morgan fingerprint density at radius 2 is 1.80 bits per heavy atom. The topological polar surface area (TPSA) is 60.2 Å². The first kappa shape index (κ1) is 15.3. The minimum atomic E-state index is -0.316. The summed E-state index contributed by atoms with van der Waals surface area (Å²) in [6.07, 6.45) is 7.03. The van der Waals surface area contributed by atoms with Crippen molar-refractivity contribution >= 4 is 28.4 Å². The summed E-state index contributed by atoms with van der Waals surface area (Å²) in [7, 11) is 0. The second kappa shape index (κ2) is 6.37. The number of benzene rings is 1. The lowest BCUT2D eigenvalue weighted by Crippen LogP contribution is -2.14. The zero-order chi connectivity index (χ0) is 17.2. The van der Waals surface area contributed by atoms with Crippen LogP contribution < -0.4 is 5.56 Å². The third kappa shape index (κ3) is 3.22. The first-order valence-electron chi connectivity index (χ1n) is 7.44. The van der Waals surface area contributed by atoms with E-state index in [0.29, 0.717) is 15.7 Å². The predicted molar refractivity (Wildman–Crippen MR) is 95.7 cm³/mol. The van der Waals surface area contributed by atoms with Crippen molar-refractivity contribution in [3.63, 3.8) is 0 Å². The molecule has 0 unspecified atom stereocenters. The molecule has 0 atom stereocenters. The lowest BCUT2D eigenvalue weighted by molar-refractivity contribution is 0.628. The molecule has 3 heterocycles. The Morgan fingerprint density at radius 1 is 1.04 bits per heavy atom. The van der Waals surface area contributed by atoms with E-state index in [4.69, 9.17) is 0 Å². The molecule has 5 nitrogen and oxygen atoms in total. The van der Waals surface area contributed by atoms with Crippen LogP contribution in [0, 0.1) is 5.82 Å². The zero-order valence-corrected chi connectivity index (χ0v) is 13.7. The van der Waals surface area contributed by atoms with Crippen molar-refractivity contribution < 1.29 is 4.39 Å². The van der Waals surface area contributed by atoms with Crippen LogP contribution in [0.3, 0.4) is 0 Å². The molecule has 4 rings (SSSR count). The number of aromatic nitrogens is 4. The minimum Gasteiger partial charge on any atom is -0.267 e. The molecule has 0 N–H and O–H groups in total. The van der Waals surface area contributed by atoms with E-state index < -0.39 is 0 Å². The molecule has 0 fully saturated rings. The van der Waals surface area contributed by atoms with Gasteiger partial charge in [-0.15, -0.1) is 0 Å². The lowest BCUT2D eigenvalue weighted by Gasteiger charge is -1.94. The molecule has 0 spiro atoms. The Bertz CT molecular complexity index is 1120. The number of halogens is 1. The molecular formula is C18H11FN4OS. The molecule has 0 saturated heterocycles. The molecule has 0 aliphatic heterocycles. The van der Waals surface area contributed by atoms with E-state index in [0.717, 1.165) is 11.1 Å². The van der Waals surface area contributed by atoms with Crippen LogP contribution >= 0.6 is 11.3 Å². The highest BCUT2D eigenvalue weighted by atomic mass is 32.1. The highest BCUT2D eigenvalue weighted by Gasteiger charge is 2.10. The normalized spacial score (nSPS) is 11.4. The first-order valence-corrected chi connectivity index (χ1v) is 8.26. The molecule has 0 saturated carbocycles. The fourth-order valence-corrected chi connectivity index (χ4v) is 3.20. The first-order chi connectivity index (χ1) is 12.2. The van der Waals surface area contributed by atoms with Crippen molar-refractivity contribution in [1.82, 2.24) is 19.6 Å². The summed E-state index contributed by atoms with van der Waals surface area (Å²) < 4.78 is 14.3. The summed E-state index contributed by atoms with van der Waals surface area (Å²) in [4.78, 5) is 21.2. The molecule has 7 heteroatoms. The van der Waals surface area contributed by atoms with E-state index in [1.54, 1.807) is 30.6 Å². The molecule has 122 valence electrons. The van der Waals surface area contributed by atoms with Crippen LogP contribution in [0.2, 0.25) is 0 Å². The van der Waals surface area contributed by atoms with Gasteiger partial charge in [-0.25, -0.2) is 9.37 Å². The van der Waals surface area contributed by atoms with E-state index in [-0.39, 0.29) is 11.4 Å². The summed E-state index contributed by atoms with van der Waals surface area (Å²) in [5.74, 6) is -0.316. The van der Waals surface area contributed by atoms with Crippen LogP contribution in [-0.4, -0.2) is 19.6 Å². The monoisotopic (exact) mass is 350 g/mol. The Kier molecular flexibility index (Phi) is 3.91. The smallest absolute Gasteiger partial charge is 0.267 e. The van der Waals surface area contributed by atoms with Crippen LogP contribution in [0.25, 0.3) is 27.7 Å². The number of fused-ring (bicyclic) bond motifs is 1. The summed E-state index contributed by atoms with van der Waals surface area (Å²) in [5.41, 5.74) is 2.00. The van der Waals surface area contributed by atoms with Crippen molar-refractivity contribution in [3.8, 4) is 10.6 Å². The summed E-state index contributed by atoms with van der Waals surface area (Å²) in [6, 6.07) is 11.1. The van der Waals surface area contributed by atoms with Gasteiger partial charge >= 0.3 is 0 Å². The van der Waals surface area contributed by atoms with Gasteiger partial charge in [-0.2, -0.15) is 9.61 Å². The van der Waals surface area contributed by atoms with Crippen LogP contribution in [0.15, 0.2) is 59.7 Å². The fourth-order valence-electron chi connectivity index (χ4n) is 2.28. The van der Waals surface area contributed by atoms with Crippen LogP contribution in [0.5, 0.6) is 0 Å². The van der Waals surface area contributed by atoms with Crippen molar-refractivity contribution in [2.24, 2.45) is 0 Å². The van der Waals surface area contributed by atoms with Gasteiger partial charge in [0.05, 0.1) is 5.69 Å². The Labute approximate surface area is 145 Å². The summed E-state index contributed by atoms with van der Waals surface area (Å²) in [6.45, 7) is 0. The average Bonchev–Trinajstić information content (AvgIpc) is 3.06. The van der Waals surface area contributed by atoms with Crippen molar-refractivity contribution in [2.45, 2.75) is 0 Å². The van der Waals surface area contributed by atoms with Gasteiger partial charge in [-0.3, -0.25) is 9.78 Å². The van der Waals surface area contributed by atoms with E-state index in [1.165, 1.54) is 34.1 Å². The van der Waals surface area contributed by atoms with E-state index in [2.05, 4.69) is 15.1 Å². The van der Waals surface area contributed by atoms with Crippen molar-refractivity contribution in [3.05, 3.63) is 82.3 Å². The molecular weight excluding hydrogens is 339 g/mol. The molecule has 4 aromatic rings. The molecule has 0 radical (unpaired) electrons. The van der Waals surface area contributed by atoms with Gasteiger partial charge in [-0.1, -0.05) is 17.4 Å². The molecule has 3 aromatic heterocycles. The molecule has 0 aliphatic carbocycles. The third-order valence-corrected chi connectivity index (χ3v) is 4.47. The average molecular weight is 350 g/mol. The Balaban J connectivity index is 1.73. The largest absolute Gasteiger partial charge is 0.275 e. The lowest BCUT2D eigenvalue weighted by atomic mass is 10.2. The van der Waals surface area contributed by atoms with Crippen molar-refractivity contribution in [1.29, 1.82) is 0 Å². The highest BCUT2D eigenvalue weighted by Crippen LogP contribution is 2.24. The maximum Gasteiger partial charge on any atom is 0.275 e. The number of nitrogens with zero attached hydrogens (tertiary/aromatic N) is 4. The maximum absolute atomic E-state index is 13.1. The Morgan fingerprint density at radius 3 is 2.56 bits per heavy atom. The molecule has 25 heavy (non-hydrogen) atoms. The van der Waals surface area contributed by atoms with Crippen LogP contribution in [0.4, 0.5) is 4.39 Å². The zero-order valence-electron chi connectivity index (χ0n) is 12.8. The van der Waals surface area contributed by atoms with Gasteiger partial charge in [0.1, 0.15) is 10.8 Å². The molecule has 0 amide bonds.